The van der Waals surface area contributed by atoms with Crippen LogP contribution in [0.25, 0.3) is 21.8 Å². The van der Waals surface area contributed by atoms with E-state index in [1.165, 1.54) is 11.7 Å². The van der Waals surface area contributed by atoms with Crippen molar-refractivity contribution < 1.29 is 32.6 Å². The standard InChI is InChI=1S/C34H39F2N3O5/c1-20-15-27(42-5)25(22-10-13-39(29(20)22)31(41)44-32(2,3)4)17-38-14-11-33(18-34(35,36)19-33)16-26(38)24-8-7-23(30(40)43-6)21-9-12-37-28(21)24/h7-10,12-13,15,26,37H,11,14,16-19H2,1-6H3. The molecule has 6 rings (SSSR count). The van der Waals surface area contributed by atoms with Gasteiger partial charge >= 0.3 is 12.1 Å². The summed E-state index contributed by atoms with van der Waals surface area (Å²) < 4.78 is 46.6. The van der Waals surface area contributed by atoms with Gasteiger partial charge in [0.05, 0.1) is 30.8 Å². The Hall–Kier alpha value is -3.92. The molecular formula is C34H39F2N3O5. The molecule has 2 aliphatic rings. The van der Waals surface area contributed by atoms with Gasteiger partial charge in [-0.1, -0.05) is 6.07 Å². The van der Waals surface area contributed by atoms with Crippen molar-refractivity contribution in [2.75, 3.05) is 20.8 Å². The number of halogens is 2. The van der Waals surface area contributed by atoms with Gasteiger partial charge in [0.1, 0.15) is 11.4 Å². The molecule has 44 heavy (non-hydrogen) atoms. The van der Waals surface area contributed by atoms with Crippen molar-refractivity contribution in [3.63, 3.8) is 0 Å². The fourth-order valence-corrected chi connectivity index (χ4v) is 7.36. The summed E-state index contributed by atoms with van der Waals surface area (Å²) in [6, 6.07) is 9.15. The summed E-state index contributed by atoms with van der Waals surface area (Å²) >= 11 is 0. The quantitative estimate of drug-likeness (QED) is 0.234. The fraction of sp³-hybridized carbons (Fsp3) is 0.471. The van der Waals surface area contributed by atoms with E-state index >= 15 is 0 Å². The number of hydrogen-bond acceptors (Lipinski definition) is 6. The number of aromatic nitrogens is 2. The molecular weight excluding hydrogens is 568 g/mol. The number of carbonyl (C=O) groups is 2. The number of likely N-dealkylation sites (tertiary alicyclic amines) is 1. The first-order valence-electron chi connectivity index (χ1n) is 15.0. The first-order chi connectivity index (χ1) is 20.7. The summed E-state index contributed by atoms with van der Waals surface area (Å²) in [5.41, 5.74) is 3.61. The molecule has 1 N–H and O–H groups in total. The van der Waals surface area contributed by atoms with Crippen LogP contribution >= 0.6 is 0 Å². The van der Waals surface area contributed by atoms with E-state index in [2.05, 4.69) is 9.88 Å². The van der Waals surface area contributed by atoms with Crippen LogP contribution < -0.4 is 4.74 Å². The third kappa shape index (κ3) is 5.23. The Kier molecular flexibility index (Phi) is 7.26. The molecule has 4 aromatic rings. The van der Waals surface area contributed by atoms with Gasteiger partial charge in [-0.25, -0.2) is 18.4 Å². The van der Waals surface area contributed by atoms with Gasteiger partial charge < -0.3 is 19.2 Å². The van der Waals surface area contributed by atoms with Crippen LogP contribution in [0.2, 0.25) is 0 Å². The van der Waals surface area contributed by atoms with Crippen molar-refractivity contribution in [1.29, 1.82) is 0 Å². The van der Waals surface area contributed by atoms with Gasteiger partial charge in [0.25, 0.3) is 0 Å². The number of carbonyl (C=O) groups excluding carboxylic acids is 2. The molecule has 1 saturated heterocycles. The van der Waals surface area contributed by atoms with Gasteiger partial charge in [-0.05, 0) is 87.9 Å². The van der Waals surface area contributed by atoms with Crippen molar-refractivity contribution >= 4 is 33.9 Å². The smallest absolute Gasteiger partial charge is 0.419 e. The zero-order valence-corrected chi connectivity index (χ0v) is 26.1. The molecule has 0 radical (unpaired) electrons. The average Bonchev–Trinajstić information content (AvgIpc) is 3.61. The lowest BCUT2D eigenvalue weighted by molar-refractivity contribution is -0.186. The molecule has 1 saturated carbocycles. The molecule has 0 amide bonds. The molecule has 2 aromatic heterocycles. The molecule has 1 atom stereocenters. The number of benzene rings is 2. The number of hydrogen-bond donors (Lipinski definition) is 1. The third-order valence-electron chi connectivity index (χ3n) is 9.18. The van der Waals surface area contributed by atoms with E-state index in [0.29, 0.717) is 37.2 Å². The lowest BCUT2D eigenvalue weighted by Gasteiger charge is -2.54. The summed E-state index contributed by atoms with van der Waals surface area (Å²) in [7, 11) is 2.98. The molecule has 8 nitrogen and oxygen atoms in total. The number of nitrogens with one attached hydrogen (secondary N) is 1. The maximum Gasteiger partial charge on any atom is 0.419 e. The van der Waals surface area contributed by atoms with Crippen LogP contribution in [0.4, 0.5) is 13.6 Å². The van der Waals surface area contributed by atoms with Crippen LogP contribution in [-0.4, -0.2) is 58.8 Å². The highest BCUT2D eigenvalue weighted by atomic mass is 19.3. The lowest BCUT2D eigenvalue weighted by Crippen LogP contribution is -2.53. The number of aryl methyl sites for hydroxylation is 1. The number of fused-ring (bicyclic) bond motifs is 2. The first kappa shape index (κ1) is 30.1. The van der Waals surface area contributed by atoms with E-state index in [9.17, 15) is 18.4 Å². The number of ether oxygens (including phenoxy) is 3. The van der Waals surface area contributed by atoms with Crippen molar-refractivity contribution in [3.8, 4) is 5.75 Å². The first-order valence-corrected chi connectivity index (χ1v) is 15.0. The van der Waals surface area contributed by atoms with E-state index in [4.69, 9.17) is 14.2 Å². The third-order valence-corrected chi connectivity index (χ3v) is 9.18. The van der Waals surface area contributed by atoms with Crippen LogP contribution in [0.5, 0.6) is 5.75 Å². The van der Waals surface area contributed by atoms with Gasteiger partial charge in [-0.15, -0.1) is 0 Å². The molecule has 2 aromatic carbocycles. The van der Waals surface area contributed by atoms with Crippen molar-refractivity contribution in [2.45, 2.75) is 77.5 Å². The molecule has 1 spiro atoms. The highest BCUT2D eigenvalue weighted by Gasteiger charge is 2.58. The van der Waals surface area contributed by atoms with Gasteiger partial charge in [0, 0.05) is 54.2 Å². The second kappa shape index (κ2) is 10.6. The minimum absolute atomic E-state index is 0.116. The van der Waals surface area contributed by atoms with Crippen molar-refractivity contribution in [1.82, 2.24) is 14.5 Å². The number of rotatable bonds is 5. The predicted molar refractivity (Wildman–Crippen MR) is 163 cm³/mol. The Bertz CT molecular complexity index is 1760. The van der Waals surface area contributed by atoms with E-state index in [1.807, 2.05) is 52.0 Å². The van der Waals surface area contributed by atoms with Crippen LogP contribution in [0, 0.1) is 12.3 Å². The second-order valence-corrected chi connectivity index (χ2v) is 13.4. The molecule has 0 bridgehead atoms. The van der Waals surface area contributed by atoms with Crippen LogP contribution in [0.15, 0.2) is 42.7 Å². The number of nitrogens with zero attached hydrogens (tertiary/aromatic N) is 2. The maximum absolute atomic E-state index is 14.3. The second-order valence-electron chi connectivity index (χ2n) is 13.4. The zero-order chi connectivity index (χ0) is 31.6. The van der Waals surface area contributed by atoms with Crippen molar-refractivity contribution in [2.24, 2.45) is 5.41 Å². The molecule has 2 fully saturated rings. The Morgan fingerprint density at radius 2 is 1.84 bits per heavy atom. The Morgan fingerprint density at radius 1 is 1.09 bits per heavy atom. The van der Waals surface area contributed by atoms with Crippen LogP contribution in [0.3, 0.4) is 0 Å². The highest BCUT2D eigenvalue weighted by Crippen LogP contribution is 2.61. The summed E-state index contributed by atoms with van der Waals surface area (Å²) in [5, 5.41) is 1.60. The zero-order valence-electron chi connectivity index (χ0n) is 26.1. The number of methoxy groups -OCH3 is 2. The lowest BCUT2D eigenvalue weighted by atomic mass is 9.59. The normalized spacial score (nSPS) is 19.7. The minimum Gasteiger partial charge on any atom is -0.496 e. The summed E-state index contributed by atoms with van der Waals surface area (Å²) in [6.07, 6.45) is 4.03. The van der Waals surface area contributed by atoms with Crippen molar-refractivity contribution in [3.05, 3.63) is 65.0 Å². The summed E-state index contributed by atoms with van der Waals surface area (Å²) in [4.78, 5) is 31.3. The molecule has 3 heterocycles. The number of alkyl halides is 2. The summed E-state index contributed by atoms with van der Waals surface area (Å²) in [6.45, 7) is 8.50. The maximum atomic E-state index is 14.3. The molecule has 234 valence electrons. The predicted octanol–water partition coefficient (Wildman–Crippen LogP) is 7.76. The minimum atomic E-state index is -2.64. The van der Waals surface area contributed by atoms with E-state index in [0.717, 1.165) is 38.5 Å². The number of H-pyrrole nitrogens is 1. The Labute approximate surface area is 255 Å². The van der Waals surface area contributed by atoms with Crippen LogP contribution in [0.1, 0.15) is 79.5 Å². The number of aromatic amines is 1. The number of piperidine rings is 1. The fourth-order valence-electron chi connectivity index (χ4n) is 7.36. The Morgan fingerprint density at radius 3 is 2.50 bits per heavy atom. The SMILES string of the molecule is COC(=O)c1ccc(C2CC3(CCN2Cc2c(OC)cc(C)c4c2ccn4C(=O)OC(C)(C)C)CC(F)(F)C3)c2[nH]ccc12. The average molecular weight is 608 g/mol. The summed E-state index contributed by atoms with van der Waals surface area (Å²) in [5.74, 6) is -2.38. The monoisotopic (exact) mass is 607 g/mol. The van der Waals surface area contributed by atoms with Gasteiger partial charge in [-0.3, -0.25) is 9.47 Å². The Balaban J connectivity index is 1.43. The number of esters is 1. The van der Waals surface area contributed by atoms with Gasteiger partial charge in [0.2, 0.25) is 5.92 Å². The molecule has 10 heteroatoms. The van der Waals surface area contributed by atoms with Gasteiger partial charge in [0.15, 0.2) is 0 Å². The molecule has 1 aliphatic carbocycles. The largest absolute Gasteiger partial charge is 0.496 e. The van der Waals surface area contributed by atoms with Crippen LogP contribution in [-0.2, 0) is 16.0 Å². The molecule has 1 unspecified atom stereocenters. The van der Waals surface area contributed by atoms with E-state index in [1.54, 1.807) is 25.6 Å². The molecule has 1 aliphatic heterocycles. The topological polar surface area (TPSA) is 85.8 Å². The van der Waals surface area contributed by atoms with E-state index in [-0.39, 0.29) is 18.9 Å². The highest BCUT2D eigenvalue weighted by molar-refractivity contribution is 6.04. The van der Waals surface area contributed by atoms with Gasteiger partial charge in [-0.2, -0.15) is 0 Å². The van der Waals surface area contributed by atoms with E-state index < -0.39 is 29.0 Å².